The maximum Gasteiger partial charge on any atom is 0.262 e. The van der Waals surface area contributed by atoms with Gasteiger partial charge in [-0.2, -0.15) is 0 Å². The lowest BCUT2D eigenvalue weighted by Gasteiger charge is -2.13. The fraction of sp³-hybridized carbons (Fsp3) is 0.286. The zero-order chi connectivity index (χ0) is 19.5. The molecule has 0 saturated heterocycles. The molecule has 1 saturated carbocycles. The standard InChI is InChI=1S/C21H21N3O3S/c1-2-27-18-10-6-5-9-17(18)22-19(25)13-28-21-23-16-8-4-3-7-15(16)20(26)24(21)14-11-12-14/h3-10,14H,2,11-13H2,1H3,(H,22,25). The van der Waals surface area contributed by atoms with Crippen LogP contribution in [0.3, 0.4) is 0 Å². The van der Waals surface area contributed by atoms with Gasteiger partial charge in [0.2, 0.25) is 5.91 Å². The van der Waals surface area contributed by atoms with Gasteiger partial charge in [0.15, 0.2) is 5.16 Å². The summed E-state index contributed by atoms with van der Waals surface area (Å²) in [5, 5.41) is 4.10. The zero-order valence-corrected chi connectivity index (χ0v) is 16.4. The van der Waals surface area contributed by atoms with E-state index in [0.29, 0.717) is 34.1 Å². The summed E-state index contributed by atoms with van der Waals surface area (Å²) in [6.45, 7) is 2.42. The van der Waals surface area contributed by atoms with Crippen molar-refractivity contribution in [2.45, 2.75) is 31.0 Å². The van der Waals surface area contributed by atoms with Crippen molar-refractivity contribution in [1.82, 2.24) is 9.55 Å². The van der Waals surface area contributed by atoms with E-state index in [1.807, 2.05) is 49.4 Å². The molecular formula is C21H21N3O3S. The Kier molecular flexibility index (Phi) is 5.34. The Morgan fingerprint density at radius 2 is 1.96 bits per heavy atom. The molecule has 0 atom stereocenters. The lowest BCUT2D eigenvalue weighted by atomic mass is 10.2. The summed E-state index contributed by atoms with van der Waals surface area (Å²) in [6.07, 6.45) is 1.95. The molecule has 7 heteroatoms. The maximum atomic E-state index is 12.9. The maximum absolute atomic E-state index is 12.9. The van der Waals surface area contributed by atoms with Crippen molar-refractivity contribution in [3.8, 4) is 5.75 Å². The molecule has 6 nitrogen and oxygen atoms in total. The lowest BCUT2D eigenvalue weighted by molar-refractivity contribution is -0.113. The summed E-state index contributed by atoms with van der Waals surface area (Å²) in [6, 6.07) is 14.9. The third kappa shape index (κ3) is 3.89. The normalized spacial score (nSPS) is 13.5. The molecular weight excluding hydrogens is 374 g/mol. The molecule has 1 heterocycles. The van der Waals surface area contributed by atoms with Crippen LogP contribution in [-0.2, 0) is 4.79 Å². The number of rotatable bonds is 7. The van der Waals surface area contributed by atoms with Gasteiger partial charge in [0.25, 0.3) is 5.56 Å². The smallest absolute Gasteiger partial charge is 0.262 e. The van der Waals surface area contributed by atoms with Crippen molar-refractivity contribution < 1.29 is 9.53 Å². The van der Waals surface area contributed by atoms with Gasteiger partial charge in [-0.05, 0) is 44.0 Å². The molecule has 2 aromatic carbocycles. The first-order valence-electron chi connectivity index (χ1n) is 9.33. The van der Waals surface area contributed by atoms with Crippen LogP contribution >= 0.6 is 11.8 Å². The Morgan fingerprint density at radius 1 is 1.21 bits per heavy atom. The van der Waals surface area contributed by atoms with Crippen LogP contribution in [0.2, 0.25) is 0 Å². The molecule has 0 unspecified atom stereocenters. The second kappa shape index (κ2) is 8.06. The number of nitrogens with one attached hydrogen (secondary N) is 1. The van der Waals surface area contributed by atoms with Crippen LogP contribution in [0.5, 0.6) is 5.75 Å². The second-order valence-corrected chi connectivity index (χ2v) is 7.53. The van der Waals surface area contributed by atoms with Crippen LogP contribution in [0, 0.1) is 0 Å². The van der Waals surface area contributed by atoms with Crippen LogP contribution < -0.4 is 15.6 Å². The summed E-state index contributed by atoms with van der Waals surface area (Å²) < 4.78 is 7.29. The first kappa shape index (κ1) is 18.6. The Labute approximate surface area is 166 Å². The van der Waals surface area contributed by atoms with E-state index in [4.69, 9.17) is 4.74 Å². The van der Waals surface area contributed by atoms with E-state index in [0.717, 1.165) is 12.8 Å². The number of hydrogen-bond acceptors (Lipinski definition) is 5. The van der Waals surface area contributed by atoms with Gasteiger partial charge in [-0.25, -0.2) is 4.98 Å². The number of benzene rings is 2. The van der Waals surface area contributed by atoms with Crippen molar-refractivity contribution in [3.05, 3.63) is 58.9 Å². The molecule has 0 spiro atoms. The van der Waals surface area contributed by atoms with Crippen LogP contribution in [0.25, 0.3) is 10.9 Å². The summed E-state index contributed by atoms with van der Waals surface area (Å²) in [7, 11) is 0. The van der Waals surface area contributed by atoms with E-state index in [1.54, 1.807) is 10.6 Å². The number of aromatic nitrogens is 2. The van der Waals surface area contributed by atoms with Gasteiger partial charge in [0, 0.05) is 6.04 Å². The average molecular weight is 395 g/mol. The summed E-state index contributed by atoms with van der Waals surface area (Å²) in [4.78, 5) is 30.0. The highest BCUT2D eigenvalue weighted by Crippen LogP contribution is 2.36. The second-order valence-electron chi connectivity index (χ2n) is 6.58. The van der Waals surface area contributed by atoms with Crippen LogP contribution in [0.15, 0.2) is 58.5 Å². The van der Waals surface area contributed by atoms with Crippen molar-refractivity contribution in [2.75, 3.05) is 17.7 Å². The quantitative estimate of drug-likeness (QED) is 0.486. The molecule has 1 amide bonds. The molecule has 144 valence electrons. The SMILES string of the molecule is CCOc1ccccc1NC(=O)CSc1nc2ccccc2c(=O)n1C1CC1. The molecule has 1 fully saturated rings. The minimum absolute atomic E-state index is 0.0299. The largest absolute Gasteiger partial charge is 0.492 e. The van der Waals surface area contributed by atoms with Crippen LogP contribution in [-0.4, -0.2) is 27.8 Å². The highest BCUT2D eigenvalue weighted by atomic mass is 32.2. The number of para-hydroxylation sites is 3. The number of amides is 1. The average Bonchev–Trinajstić information content (AvgIpc) is 3.53. The number of thioether (sulfide) groups is 1. The van der Waals surface area contributed by atoms with Gasteiger partial charge < -0.3 is 10.1 Å². The van der Waals surface area contributed by atoms with Gasteiger partial charge in [-0.3, -0.25) is 14.2 Å². The molecule has 0 radical (unpaired) electrons. The predicted molar refractivity (Wildman–Crippen MR) is 111 cm³/mol. The monoisotopic (exact) mass is 395 g/mol. The third-order valence-corrected chi connectivity index (χ3v) is 5.43. The van der Waals surface area contributed by atoms with Crippen molar-refractivity contribution in [1.29, 1.82) is 0 Å². The van der Waals surface area contributed by atoms with E-state index in [-0.39, 0.29) is 23.3 Å². The van der Waals surface area contributed by atoms with E-state index in [1.165, 1.54) is 11.8 Å². The van der Waals surface area contributed by atoms with E-state index >= 15 is 0 Å². The topological polar surface area (TPSA) is 73.2 Å². The highest BCUT2D eigenvalue weighted by molar-refractivity contribution is 7.99. The molecule has 1 aromatic heterocycles. The van der Waals surface area contributed by atoms with E-state index in [9.17, 15) is 9.59 Å². The molecule has 0 bridgehead atoms. The number of nitrogens with zero attached hydrogens (tertiary/aromatic N) is 2. The number of anilines is 1. The Morgan fingerprint density at radius 3 is 2.75 bits per heavy atom. The summed E-state index contributed by atoms with van der Waals surface area (Å²) in [5.41, 5.74) is 1.27. The number of hydrogen-bond donors (Lipinski definition) is 1. The molecule has 28 heavy (non-hydrogen) atoms. The van der Waals surface area contributed by atoms with Gasteiger partial charge in [0.1, 0.15) is 5.75 Å². The number of carbonyl (C=O) groups is 1. The Bertz CT molecular complexity index is 1080. The van der Waals surface area contributed by atoms with Crippen LogP contribution in [0.4, 0.5) is 5.69 Å². The molecule has 3 aromatic rings. The number of carbonyl (C=O) groups excluding carboxylic acids is 1. The first-order chi connectivity index (χ1) is 13.7. The Balaban J connectivity index is 1.54. The lowest BCUT2D eigenvalue weighted by Crippen LogP contribution is -2.23. The summed E-state index contributed by atoms with van der Waals surface area (Å²) in [5.74, 6) is 0.641. The molecule has 1 aliphatic rings. The van der Waals surface area contributed by atoms with Gasteiger partial charge in [-0.1, -0.05) is 36.0 Å². The van der Waals surface area contributed by atoms with E-state index < -0.39 is 0 Å². The zero-order valence-electron chi connectivity index (χ0n) is 15.6. The molecule has 0 aliphatic heterocycles. The Hall–Kier alpha value is -2.80. The molecule has 1 N–H and O–H groups in total. The van der Waals surface area contributed by atoms with Gasteiger partial charge in [0.05, 0.1) is 29.0 Å². The van der Waals surface area contributed by atoms with E-state index in [2.05, 4.69) is 10.3 Å². The fourth-order valence-electron chi connectivity index (χ4n) is 3.05. The first-order valence-corrected chi connectivity index (χ1v) is 10.3. The van der Waals surface area contributed by atoms with Crippen molar-refractivity contribution >= 4 is 34.3 Å². The van der Waals surface area contributed by atoms with Crippen molar-refractivity contribution in [2.24, 2.45) is 0 Å². The summed E-state index contributed by atoms with van der Waals surface area (Å²) >= 11 is 1.29. The minimum Gasteiger partial charge on any atom is -0.492 e. The van der Waals surface area contributed by atoms with Gasteiger partial charge in [-0.15, -0.1) is 0 Å². The highest BCUT2D eigenvalue weighted by Gasteiger charge is 2.28. The predicted octanol–water partition coefficient (Wildman–Crippen LogP) is 3.86. The van der Waals surface area contributed by atoms with Crippen molar-refractivity contribution in [3.63, 3.8) is 0 Å². The third-order valence-electron chi connectivity index (χ3n) is 4.48. The molecule has 1 aliphatic carbocycles. The van der Waals surface area contributed by atoms with Gasteiger partial charge >= 0.3 is 0 Å². The fourth-order valence-corrected chi connectivity index (χ4v) is 3.92. The number of fused-ring (bicyclic) bond motifs is 1. The number of ether oxygens (including phenoxy) is 1. The minimum atomic E-state index is -0.165. The molecule has 4 rings (SSSR count). The van der Waals surface area contributed by atoms with Crippen LogP contribution in [0.1, 0.15) is 25.8 Å².